The summed E-state index contributed by atoms with van der Waals surface area (Å²) >= 11 is 0. The molecule has 0 radical (unpaired) electrons. The fourth-order valence-electron chi connectivity index (χ4n) is 5.86. The van der Waals surface area contributed by atoms with Crippen LogP contribution in [0.3, 0.4) is 0 Å². The maximum Gasteiger partial charge on any atom is 0.336 e. The van der Waals surface area contributed by atoms with Crippen molar-refractivity contribution < 1.29 is 28.3 Å². The number of carbonyl (C=O) groups is 3. The van der Waals surface area contributed by atoms with Crippen LogP contribution in [-0.2, 0) is 19.4 Å². The van der Waals surface area contributed by atoms with Gasteiger partial charge in [0.25, 0.3) is 11.8 Å². The number of nitrogens with zero attached hydrogens (tertiary/aromatic N) is 1. The second kappa shape index (κ2) is 10.4. The molecule has 2 amide bonds. The third-order valence-corrected chi connectivity index (χ3v) is 7.78. The minimum Gasteiger partial charge on any atom is -0.478 e. The van der Waals surface area contributed by atoms with Crippen molar-refractivity contribution in [2.75, 3.05) is 6.54 Å². The summed E-state index contributed by atoms with van der Waals surface area (Å²) in [7, 11) is 0. The van der Waals surface area contributed by atoms with E-state index < -0.39 is 5.97 Å². The third kappa shape index (κ3) is 4.66. The first-order valence-electron chi connectivity index (χ1n) is 13.3. The van der Waals surface area contributed by atoms with E-state index in [1.807, 2.05) is 11.0 Å². The molecule has 0 unspecified atom stereocenters. The summed E-state index contributed by atoms with van der Waals surface area (Å²) in [5.41, 5.74) is 4.26. The van der Waals surface area contributed by atoms with E-state index in [0.717, 1.165) is 24.0 Å². The molecule has 0 spiro atoms. The van der Waals surface area contributed by atoms with Gasteiger partial charge in [-0.1, -0.05) is 30.3 Å². The van der Waals surface area contributed by atoms with Crippen LogP contribution in [0, 0.1) is 5.82 Å². The van der Waals surface area contributed by atoms with Crippen molar-refractivity contribution in [3.8, 4) is 11.1 Å². The minimum absolute atomic E-state index is 0.0692. The second-order valence-corrected chi connectivity index (χ2v) is 10.2. The van der Waals surface area contributed by atoms with Gasteiger partial charge < -0.3 is 19.7 Å². The van der Waals surface area contributed by atoms with Crippen molar-refractivity contribution >= 4 is 17.8 Å². The normalized spacial score (nSPS) is 15.7. The van der Waals surface area contributed by atoms with Gasteiger partial charge in [-0.05, 0) is 84.3 Å². The Morgan fingerprint density at radius 1 is 1.02 bits per heavy atom. The highest BCUT2D eigenvalue weighted by Gasteiger charge is 2.43. The number of fused-ring (bicyclic) bond motifs is 3. The molecule has 1 atom stereocenters. The van der Waals surface area contributed by atoms with E-state index in [9.17, 15) is 23.9 Å². The van der Waals surface area contributed by atoms with Gasteiger partial charge in [-0.25, -0.2) is 9.18 Å². The molecule has 40 heavy (non-hydrogen) atoms. The zero-order chi connectivity index (χ0) is 27.8. The summed E-state index contributed by atoms with van der Waals surface area (Å²) in [4.78, 5) is 40.8. The summed E-state index contributed by atoms with van der Waals surface area (Å²) in [6.07, 6.45) is 4.21. The lowest BCUT2D eigenvalue weighted by atomic mass is 9.84. The average molecular weight is 539 g/mol. The van der Waals surface area contributed by atoms with Crippen molar-refractivity contribution in [2.24, 2.45) is 0 Å². The zero-order valence-corrected chi connectivity index (χ0v) is 21.7. The van der Waals surface area contributed by atoms with Crippen LogP contribution >= 0.6 is 0 Å². The summed E-state index contributed by atoms with van der Waals surface area (Å²) in [6, 6.07) is 18.2. The van der Waals surface area contributed by atoms with Gasteiger partial charge in [0.05, 0.1) is 30.0 Å². The SMILES string of the molecule is O=C(NCc1ccco1)c1ccc(-c2c(C(=O)O)c(CCc3ccc(F)cc3)cc3c2C(=O)N2CCC[C@@H]32)cc1. The number of rotatable bonds is 8. The molecule has 2 aliphatic rings. The molecule has 202 valence electrons. The van der Waals surface area contributed by atoms with E-state index >= 15 is 0 Å². The molecule has 1 aromatic heterocycles. The highest BCUT2D eigenvalue weighted by molar-refractivity contribution is 6.11. The number of benzene rings is 3. The number of furan rings is 1. The van der Waals surface area contributed by atoms with Crippen LogP contribution in [0.1, 0.15) is 72.4 Å². The van der Waals surface area contributed by atoms with Gasteiger partial charge in [-0.2, -0.15) is 0 Å². The number of carbonyl (C=O) groups excluding carboxylic acids is 2. The zero-order valence-electron chi connectivity index (χ0n) is 21.7. The Kier molecular flexibility index (Phi) is 6.67. The number of halogens is 1. The third-order valence-electron chi connectivity index (χ3n) is 7.78. The largest absolute Gasteiger partial charge is 0.478 e. The topological polar surface area (TPSA) is 99.9 Å². The quantitative estimate of drug-likeness (QED) is 0.296. The number of aryl methyl sites for hydroxylation is 2. The Labute approximate surface area is 230 Å². The molecular formula is C32H27FN2O5. The molecule has 3 aromatic carbocycles. The smallest absolute Gasteiger partial charge is 0.336 e. The lowest BCUT2D eigenvalue weighted by Gasteiger charge is -2.18. The van der Waals surface area contributed by atoms with Crippen LogP contribution < -0.4 is 5.32 Å². The fraction of sp³-hybridized carbons (Fsp3) is 0.219. The van der Waals surface area contributed by atoms with Gasteiger partial charge in [0.1, 0.15) is 11.6 Å². The van der Waals surface area contributed by atoms with Crippen LogP contribution in [-0.4, -0.2) is 34.3 Å². The van der Waals surface area contributed by atoms with E-state index in [1.165, 1.54) is 18.4 Å². The first-order chi connectivity index (χ1) is 19.4. The van der Waals surface area contributed by atoms with Crippen molar-refractivity contribution in [3.05, 3.63) is 118 Å². The molecule has 2 aliphatic heterocycles. The number of hydrogen-bond donors (Lipinski definition) is 2. The lowest BCUT2D eigenvalue weighted by Crippen LogP contribution is -2.23. The molecular weight excluding hydrogens is 511 g/mol. The molecule has 4 aromatic rings. The Balaban J connectivity index is 1.39. The second-order valence-electron chi connectivity index (χ2n) is 10.2. The first kappa shape index (κ1) is 25.6. The van der Waals surface area contributed by atoms with Gasteiger partial charge in [-0.15, -0.1) is 0 Å². The van der Waals surface area contributed by atoms with Crippen molar-refractivity contribution in [2.45, 2.75) is 38.3 Å². The van der Waals surface area contributed by atoms with Crippen LogP contribution in [0.15, 0.2) is 77.4 Å². The lowest BCUT2D eigenvalue weighted by molar-refractivity contribution is 0.0696. The Morgan fingerprint density at radius 2 is 1.80 bits per heavy atom. The number of aromatic carboxylic acids is 1. The van der Waals surface area contributed by atoms with E-state index in [0.29, 0.717) is 53.0 Å². The highest BCUT2D eigenvalue weighted by atomic mass is 19.1. The molecule has 0 aliphatic carbocycles. The van der Waals surface area contributed by atoms with E-state index in [2.05, 4.69) is 5.32 Å². The Bertz CT molecular complexity index is 1590. The summed E-state index contributed by atoms with van der Waals surface area (Å²) in [6.45, 7) is 0.881. The highest BCUT2D eigenvalue weighted by Crippen LogP contribution is 2.47. The summed E-state index contributed by atoms with van der Waals surface area (Å²) < 4.78 is 18.7. The summed E-state index contributed by atoms with van der Waals surface area (Å²) in [5.74, 6) is -1.26. The summed E-state index contributed by atoms with van der Waals surface area (Å²) in [5, 5.41) is 13.2. The first-order valence-corrected chi connectivity index (χ1v) is 13.3. The molecule has 7 nitrogen and oxygen atoms in total. The van der Waals surface area contributed by atoms with Gasteiger partial charge in [0.2, 0.25) is 0 Å². The minimum atomic E-state index is -1.12. The number of hydrogen-bond acceptors (Lipinski definition) is 4. The van der Waals surface area contributed by atoms with E-state index in [1.54, 1.807) is 48.5 Å². The number of nitrogens with one attached hydrogen (secondary N) is 1. The van der Waals surface area contributed by atoms with Crippen molar-refractivity contribution in [1.29, 1.82) is 0 Å². The predicted octanol–water partition coefficient (Wildman–Crippen LogP) is 5.79. The molecule has 2 N–H and O–H groups in total. The van der Waals surface area contributed by atoms with Gasteiger partial charge in [0.15, 0.2) is 0 Å². The van der Waals surface area contributed by atoms with Crippen LogP contribution in [0.4, 0.5) is 4.39 Å². The van der Waals surface area contributed by atoms with Crippen LogP contribution in [0.25, 0.3) is 11.1 Å². The molecule has 3 heterocycles. The van der Waals surface area contributed by atoms with Crippen molar-refractivity contribution in [3.63, 3.8) is 0 Å². The Hall–Kier alpha value is -4.72. The average Bonchev–Trinajstić information content (AvgIpc) is 3.71. The van der Waals surface area contributed by atoms with Crippen LogP contribution in [0.5, 0.6) is 0 Å². The molecule has 0 saturated carbocycles. The number of carboxylic acid groups (broad SMARTS) is 1. The number of amides is 2. The standard InChI is InChI=1S/C32H27FN2O5/c33-23-13-6-19(7-14-23)5-8-22-17-25-26-4-1-15-35(26)31(37)29(25)27(28(22)32(38)39)20-9-11-21(12-10-20)30(36)34-18-24-3-2-16-40-24/h2-3,6-7,9-14,16-17,26H,1,4-5,8,15,18H2,(H,34,36)(H,38,39)/t26-/m0/s1. The van der Waals surface area contributed by atoms with E-state index in [4.69, 9.17) is 4.42 Å². The van der Waals surface area contributed by atoms with Gasteiger partial charge in [0, 0.05) is 17.7 Å². The molecule has 0 bridgehead atoms. The monoisotopic (exact) mass is 538 g/mol. The van der Waals surface area contributed by atoms with E-state index in [-0.39, 0.29) is 35.8 Å². The molecule has 6 rings (SSSR count). The van der Waals surface area contributed by atoms with Gasteiger partial charge >= 0.3 is 5.97 Å². The van der Waals surface area contributed by atoms with Crippen molar-refractivity contribution in [1.82, 2.24) is 10.2 Å². The number of carboxylic acids is 1. The maximum atomic E-state index is 13.6. The van der Waals surface area contributed by atoms with Gasteiger partial charge in [-0.3, -0.25) is 9.59 Å². The predicted molar refractivity (Wildman–Crippen MR) is 146 cm³/mol. The Morgan fingerprint density at radius 3 is 2.50 bits per heavy atom. The molecule has 1 saturated heterocycles. The molecule has 8 heteroatoms. The maximum absolute atomic E-state index is 13.6. The molecule has 1 fully saturated rings. The fourth-order valence-corrected chi connectivity index (χ4v) is 5.86. The van der Waals surface area contributed by atoms with Crippen LogP contribution in [0.2, 0.25) is 0 Å².